The van der Waals surface area contributed by atoms with Crippen LogP contribution >= 0.6 is 11.6 Å². The fourth-order valence-electron chi connectivity index (χ4n) is 2.64. The molecule has 0 heterocycles. The van der Waals surface area contributed by atoms with E-state index in [-0.39, 0.29) is 18.2 Å². The van der Waals surface area contributed by atoms with E-state index in [0.717, 1.165) is 0 Å². The van der Waals surface area contributed by atoms with Crippen LogP contribution in [0.5, 0.6) is 23.0 Å². The Balaban J connectivity index is 1.96. The number of methoxy groups -OCH3 is 2. The normalized spacial score (nSPS) is 10.3. The average Bonchev–Trinajstić information content (AvgIpc) is 2.81. The van der Waals surface area contributed by atoms with Gasteiger partial charge >= 0.3 is 0 Å². The average molecular weight is 474 g/mol. The van der Waals surface area contributed by atoms with E-state index >= 15 is 0 Å². The fourth-order valence-corrected chi connectivity index (χ4v) is 2.91. The maximum absolute atomic E-state index is 12.3. The van der Waals surface area contributed by atoms with Crippen LogP contribution in [0, 0.1) is 12.3 Å². The van der Waals surface area contributed by atoms with Crippen molar-refractivity contribution in [2.75, 3.05) is 34.0 Å². The molecule has 10 heteroatoms. The molecule has 174 valence electrons. The second-order valence-electron chi connectivity index (χ2n) is 6.30. The van der Waals surface area contributed by atoms with Gasteiger partial charge < -0.3 is 24.3 Å². The number of hydrazone groups is 1. The van der Waals surface area contributed by atoms with Crippen LogP contribution in [0.3, 0.4) is 0 Å². The molecule has 2 aromatic rings. The molecule has 0 saturated heterocycles. The number of carbonyl (C=O) groups is 2. The standard InChI is InChI=1S/C23H24ClN3O6/c1-5-9-33-22-17(24)10-15(11-20(22)32-6-2)13-26-27-21(28)14-25-23(29)16-7-8-18(30-3)19(12-16)31-4/h1,7-8,10-13H,6,9,14H2,2-4H3,(H,25,29)(H,27,28)/b26-13+. The maximum atomic E-state index is 12.3. The number of benzene rings is 2. The fraction of sp³-hybridized carbons (Fsp3) is 0.261. The van der Waals surface area contributed by atoms with Crippen LogP contribution in [-0.2, 0) is 4.79 Å². The lowest BCUT2D eigenvalue weighted by Crippen LogP contribution is -2.34. The summed E-state index contributed by atoms with van der Waals surface area (Å²) >= 11 is 6.24. The van der Waals surface area contributed by atoms with Gasteiger partial charge in [-0.15, -0.1) is 6.42 Å². The summed E-state index contributed by atoms with van der Waals surface area (Å²) in [5.41, 5.74) is 3.20. The summed E-state index contributed by atoms with van der Waals surface area (Å²) in [7, 11) is 2.96. The Labute approximate surface area is 197 Å². The largest absolute Gasteiger partial charge is 0.493 e. The van der Waals surface area contributed by atoms with Crippen LogP contribution in [0.25, 0.3) is 0 Å². The zero-order chi connectivity index (χ0) is 24.2. The van der Waals surface area contributed by atoms with Gasteiger partial charge in [-0.25, -0.2) is 5.43 Å². The molecule has 0 atom stereocenters. The molecule has 0 aliphatic heterocycles. The summed E-state index contributed by atoms with van der Waals surface area (Å²) < 4.78 is 21.3. The van der Waals surface area contributed by atoms with Gasteiger partial charge in [0.15, 0.2) is 23.0 Å². The summed E-state index contributed by atoms with van der Waals surface area (Å²) in [4.78, 5) is 24.3. The minimum absolute atomic E-state index is 0.0400. The molecule has 0 aliphatic carbocycles. The van der Waals surface area contributed by atoms with Crippen LogP contribution < -0.4 is 29.7 Å². The number of ether oxygens (including phenoxy) is 4. The van der Waals surface area contributed by atoms with E-state index in [1.165, 1.54) is 26.5 Å². The molecular weight excluding hydrogens is 450 g/mol. The van der Waals surface area contributed by atoms with Crippen molar-refractivity contribution in [3.8, 4) is 35.3 Å². The number of hydrogen-bond donors (Lipinski definition) is 2. The van der Waals surface area contributed by atoms with Crippen molar-refractivity contribution in [1.29, 1.82) is 0 Å². The van der Waals surface area contributed by atoms with Crippen molar-refractivity contribution in [3.05, 3.63) is 46.5 Å². The highest BCUT2D eigenvalue weighted by atomic mass is 35.5. The topological polar surface area (TPSA) is 107 Å². The maximum Gasteiger partial charge on any atom is 0.259 e. The number of halogens is 1. The second-order valence-corrected chi connectivity index (χ2v) is 6.71. The molecule has 0 spiro atoms. The second kappa shape index (κ2) is 12.8. The monoisotopic (exact) mass is 473 g/mol. The lowest BCUT2D eigenvalue weighted by Gasteiger charge is -2.12. The molecule has 0 saturated carbocycles. The Kier molecular flexibility index (Phi) is 9.86. The molecule has 0 bridgehead atoms. The van der Waals surface area contributed by atoms with Crippen molar-refractivity contribution >= 4 is 29.6 Å². The van der Waals surface area contributed by atoms with Crippen LogP contribution in [-0.4, -0.2) is 52.0 Å². The molecule has 0 aromatic heterocycles. The van der Waals surface area contributed by atoms with Crippen molar-refractivity contribution in [1.82, 2.24) is 10.7 Å². The lowest BCUT2D eigenvalue weighted by molar-refractivity contribution is -0.120. The van der Waals surface area contributed by atoms with E-state index < -0.39 is 11.8 Å². The first-order chi connectivity index (χ1) is 15.9. The molecule has 2 aromatic carbocycles. The van der Waals surface area contributed by atoms with Crippen molar-refractivity contribution in [3.63, 3.8) is 0 Å². The first kappa shape index (κ1) is 25.4. The van der Waals surface area contributed by atoms with Crippen LogP contribution in [0.2, 0.25) is 5.02 Å². The third kappa shape index (κ3) is 7.33. The van der Waals surface area contributed by atoms with Crippen LogP contribution in [0.4, 0.5) is 0 Å². The predicted octanol–water partition coefficient (Wildman–Crippen LogP) is 2.65. The zero-order valence-corrected chi connectivity index (χ0v) is 19.2. The molecule has 0 fully saturated rings. The number of nitrogens with one attached hydrogen (secondary N) is 2. The molecule has 2 amide bonds. The van der Waals surface area contributed by atoms with Crippen LogP contribution in [0.1, 0.15) is 22.8 Å². The van der Waals surface area contributed by atoms with E-state index in [0.29, 0.717) is 40.7 Å². The number of carbonyl (C=O) groups excluding carboxylic acids is 2. The summed E-state index contributed by atoms with van der Waals surface area (Å²) in [5, 5.41) is 6.66. The quantitative estimate of drug-likeness (QED) is 0.295. The minimum Gasteiger partial charge on any atom is -0.493 e. The molecular formula is C23H24ClN3O6. The Bertz CT molecular complexity index is 1060. The van der Waals surface area contributed by atoms with Crippen LogP contribution in [0.15, 0.2) is 35.4 Å². The molecule has 2 N–H and O–H groups in total. The molecule has 2 rings (SSSR count). The number of rotatable bonds is 11. The van der Waals surface area contributed by atoms with E-state index in [9.17, 15) is 9.59 Å². The molecule has 0 aliphatic rings. The third-order valence-corrected chi connectivity index (χ3v) is 4.37. The van der Waals surface area contributed by atoms with Gasteiger partial charge in [-0.3, -0.25) is 9.59 Å². The number of amides is 2. The summed E-state index contributed by atoms with van der Waals surface area (Å²) in [6.45, 7) is 1.96. The van der Waals surface area contributed by atoms with Crippen molar-refractivity contribution in [2.45, 2.75) is 6.92 Å². The molecule has 0 unspecified atom stereocenters. The Hall–Kier alpha value is -3.90. The van der Waals surface area contributed by atoms with E-state index in [1.807, 2.05) is 6.92 Å². The predicted molar refractivity (Wildman–Crippen MR) is 125 cm³/mol. The van der Waals surface area contributed by atoms with E-state index in [1.54, 1.807) is 24.3 Å². The molecule has 33 heavy (non-hydrogen) atoms. The Morgan fingerprint density at radius 3 is 2.55 bits per heavy atom. The van der Waals surface area contributed by atoms with Gasteiger partial charge in [-0.2, -0.15) is 5.10 Å². The van der Waals surface area contributed by atoms with Gasteiger partial charge in [-0.05, 0) is 42.8 Å². The lowest BCUT2D eigenvalue weighted by atomic mass is 10.2. The smallest absolute Gasteiger partial charge is 0.259 e. The molecule has 0 radical (unpaired) electrons. The first-order valence-electron chi connectivity index (χ1n) is 9.78. The third-order valence-electron chi connectivity index (χ3n) is 4.09. The Morgan fingerprint density at radius 2 is 1.88 bits per heavy atom. The summed E-state index contributed by atoms with van der Waals surface area (Å²) in [6.07, 6.45) is 6.60. The van der Waals surface area contributed by atoms with Gasteiger partial charge in [0, 0.05) is 5.56 Å². The van der Waals surface area contributed by atoms with Crippen molar-refractivity contribution in [2.24, 2.45) is 5.10 Å². The SMILES string of the molecule is C#CCOc1c(Cl)cc(/C=N/NC(=O)CNC(=O)c2ccc(OC)c(OC)c2)cc1OCC. The summed E-state index contributed by atoms with van der Waals surface area (Å²) in [6, 6.07) is 7.91. The highest BCUT2D eigenvalue weighted by molar-refractivity contribution is 6.32. The van der Waals surface area contributed by atoms with Gasteiger partial charge in [0.1, 0.15) is 6.61 Å². The zero-order valence-electron chi connectivity index (χ0n) is 18.4. The number of terminal acetylenes is 1. The first-order valence-corrected chi connectivity index (χ1v) is 10.2. The minimum atomic E-state index is -0.523. The van der Waals surface area contributed by atoms with Gasteiger partial charge in [0.2, 0.25) is 0 Å². The summed E-state index contributed by atoms with van der Waals surface area (Å²) in [5.74, 6) is 3.01. The Morgan fingerprint density at radius 1 is 1.12 bits per heavy atom. The van der Waals surface area contributed by atoms with Gasteiger partial charge in [-0.1, -0.05) is 17.5 Å². The van der Waals surface area contributed by atoms with Crippen molar-refractivity contribution < 1.29 is 28.5 Å². The number of hydrogen-bond acceptors (Lipinski definition) is 7. The highest BCUT2D eigenvalue weighted by Crippen LogP contribution is 2.36. The van der Waals surface area contributed by atoms with E-state index in [4.69, 9.17) is 37.0 Å². The highest BCUT2D eigenvalue weighted by Gasteiger charge is 2.13. The van der Waals surface area contributed by atoms with Gasteiger partial charge in [0.25, 0.3) is 11.8 Å². The number of nitrogens with zero attached hydrogens (tertiary/aromatic N) is 1. The van der Waals surface area contributed by atoms with E-state index in [2.05, 4.69) is 21.8 Å². The van der Waals surface area contributed by atoms with Gasteiger partial charge in [0.05, 0.1) is 38.6 Å². The molecule has 9 nitrogen and oxygen atoms in total.